The molecule has 0 atom stereocenters. The smallest absolute Gasteiger partial charge is 0.341 e. The van der Waals surface area contributed by atoms with E-state index in [4.69, 9.17) is 4.74 Å². The van der Waals surface area contributed by atoms with Gasteiger partial charge in [-0.25, -0.2) is 19.2 Å². The van der Waals surface area contributed by atoms with Gasteiger partial charge in [-0.15, -0.1) is 0 Å². The number of nitrogens with zero attached hydrogens (tertiary/aromatic N) is 2. The van der Waals surface area contributed by atoms with E-state index < -0.39 is 11.8 Å². The molecule has 0 N–H and O–H groups in total. The van der Waals surface area contributed by atoms with E-state index in [9.17, 15) is 9.18 Å². The molecule has 0 amide bonds. The number of hydrogen-bond acceptors (Lipinski definition) is 4. The van der Waals surface area contributed by atoms with Crippen LogP contribution in [-0.2, 0) is 11.2 Å². The first-order valence-electron chi connectivity index (χ1n) is 15.4. The maximum Gasteiger partial charge on any atom is 0.341 e. The van der Waals surface area contributed by atoms with Gasteiger partial charge in [0, 0.05) is 18.0 Å². The van der Waals surface area contributed by atoms with E-state index in [2.05, 4.69) is 23.8 Å². The Bertz CT molecular complexity index is 939. The number of esters is 1. The van der Waals surface area contributed by atoms with Crippen LogP contribution in [0.3, 0.4) is 0 Å². The predicted molar refractivity (Wildman–Crippen MR) is 154 cm³/mol. The molecule has 4 nitrogen and oxygen atoms in total. The van der Waals surface area contributed by atoms with Crippen LogP contribution in [0.25, 0.3) is 11.4 Å². The van der Waals surface area contributed by atoms with Crippen molar-refractivity contribution in [3.05, 3.63) is 47.5 Å². The summed E-state index contributed by atoms with van der Waals surface area (Å²) in [5.74, 6) is 0.0658. The van der Waals surface area contributed by atoms with Gasteiger partial charge in [0.15, 0.2) is 5.82 Å². The van der Waals surface area contributed by atoms with E-state index in [1.54, 1.807) is 6.07 Å². The molecule has 210 valence electrons. The number of halogens is 1. The summed E-state index contributed by atoms with van der Waals surface area (Å²) in [5, 5.41) is 0. The Balaban J connectivity index is 1.41. The van der Waals surface area contributed by atoms with Crippen LogP contribution in [0.15, 0.2) is 30.6 Å². The van der Waals surface area contributed by atoms with Gasteiger partial charge >= 0.3 is 5.97 Å². The highest BCUT2D eigenvalue weighted by Gasteiger charge is 2.25. The van der Waals surface area contributed by atoms with Crippen LogP contribution < -0.4 is 0 Å². The number of unbranched alkanes of at least 4 members (excludes halogenated alkanes) is 10. The van der Waals surface area contributed by atoms with Gasteiger partial charge in [-0.3, -0.25) is 0 Å². The highest BCUT2D eigenvalue weighted by molar-refractivity contribution is 5.90. The Morgan fingerprint density at radius 2 is 1.45 bits per heavy atom. The summed E-state index contributed by atoms with van der Waals surface area (Å²) >= 11 is 0. The lowest BCUT2D eigenvalue weighted by molar-refractivity contribution is 0.0156. The van der Waals surface area contributed by atoms with Crippen LogP contribution in [0, 0.1) is 11.7 Å². The first kappa shape index (κ1) is 30.2. The molecule has 1 fully saturated rings. The molecule has 1 aromatic heterocycles. The second-order valence-electron chi connectivity index (χ2n) is 11.2. The molecular formula is C33H49FN2O2. The van der Waals surface area contributed by atoms with E-state index in [0.29, 0.717) is 11.4 Å². The van der Waals surface area contributed by atoms with Gasteiger partial charge < -0.3 is 4.74 Å². The molecule has 1 aliphatic carbocycles. The normalized spacial score (nSPS) is 17.4. The van der Waals surface area contributed by atoms with Crippen molar-refractivity contribution in [2.45, 2.75) is 136 Å². The number of aromatic nitrogens is 2. The number of rotatable bonds is 17. The van der Waals surface area contributed by atoms with Crippen molar-refractivity contribution in [2.24, 2.45) is 5.92 Å². The number of hydrogen-bond donors (Lipinski definition) is 0. The Labute approximate surface area is 230 Å². The van der Waals surface area contributed by atoms with Crippen LogP contribution in [-0.4, -0.2) is 22.0 Å². The fourth-order valence-corrected chi connectivity index (χ4v) is 5.53. The van der Waals surface area contributed by atoms with Crippen LogP contribution in [0.2, 0.25) is 0 Å². The third-order valence-electron chi connectivity index (χ3n) is 8.00. The van der Waals surface area contributed by atoms with Gasteiger partial charge in [-0.1, -0.05) is 97.0 Å². The number of aryl methyl sites for hydroxylation is 1. The molecular weight excluding hydrogens is 475 g/mol. The third kappa shape index (κ3) is 10.5. The summed E-state index contributed by atoms with van der Waals surface area (Å²) in [5.41, 5.74) is 1.67. The maximum atomic E-state index is 14.9. The molecule has 5 heteroatoms. The third-order valence-corrected chi connectivity index (χ3v) is 8.00. The molecule has 0 unspecified atom stereocenters. The molecule has 1 heterocycles. The van der Waals surface area contributed by atoms with E-state index in [-0.39, 0.29) is 11.7 Å². The number of carbonyl (C=O) groups is 1. The molecule has 1 aromatic carbocycles. The highest BCUT2D eigenvalue weighted by Crippen LogP contribution is 2.31. The Hall–Kier alpha value is -2.30. The zero-order chi connectivity index (χ0) is 27.0. The molecule has 38 heavy (non-hydrogen) atoms. The van der Waals surface area contributed by atoms with Gasteiger partial charge in [-0.2, -0.15) is 0 Å². The van der Waals surface area contributed by atoms with E-state index in [1.807, 2.05) is 12.4 Å². The highest BCUT2D eigenvalue weighted by atomic mass is 19.1. The van der Waals surface area contributed by atoms with E-state index in [0.717, 1.165) is 50.0 Å². The first-order chi connectivity index (χ1) is 18.6. The maximum absolute atomic E-state index is 14.9. The fourth-order valence-electron chi connectivity index (χ4n) is 5.53. The fraction of sp³-hybridized carbons (Fsp3) is 0.667. The van der Waals surface area contributed by atoms with Crippen LogP contribution in [0.4, 0.5) is 4.39 Å². The van der Waals surface area contributed by atoms with Crippen molar-refractivity contribution in [1.82, 2.24) is 9.97 Å². The van der Waals surface area contributed by atoms with Crippen molar-refractivity contribution in [1.29, 1.82) is 0 Å². The molecule has 0 saturated heterocycles. The van der Waals surface area contributed by atoms with Crippen LogP contribution in [0.5, 0.6) is 0 Å². The van der Waals surface area contributed by atoms with Gasteiger partial charge in [0.25, 0.3) is 0 Å². The quantitative estimate of drug-likeness (QED) is 0.153. The second-order valence-corrected chi connectivity index (χ2v) is 11.2. The lowest BCUT2D eigenvalue weighted by Gasteiger charge is -2.28. The molecule has 2 aromatic rings. The lowest BCUT2D eigenvalue weighted by Crippen LogP contribution is -2.25. The molecule has 0 spiro atoms. The largest absolute Gasteiger partial charge is 0.459 e. The van der Waals surface area contributed by atoms with Crippen LogP contribution in [0.1, 0.15) is 139 Å². The van der Waals surface area contributed by atoms with Crippen LogP contribution >= 0.6 is 0 Å². The molecule has 1 saturated carbocycles. The van der Waals surface area contributed by atoms with Gasteiger partial charge in [0.2, 0.25) is 0 Å². The van der Waals surface area contributed by atoms with Crippen molar-refractivity contribution < 1.29 is 13.9 Å². The minimum absolute atomic E-state index is 0.0123. The lowest BCUT2D eigenvalue weighted by atomic mass is 9.84. The molecule has 0 radical (unpaired) electrons. The minimum Gasteiger partial charge on any atom is -0.459 e. The van der Waals surface area contributed by atoms with E-state index >= 15 is 0 Å². The molecule has 0 bridgehead atoms. The average Bonchev–Trinajstić information content (AvgIpc) is 2.93. The zero-order valence-electron chi connectivity index (χ0n) is 23.9. The minimum atomic E-state index is -0.580. The average molecular weight is 525 g/mol. The summed E-state index contributed by atoms with van der Waals surface area (Å²) in [4.78, 5) is 21.6. The Morgan fingerprint density at radius 1 is 0.842 bits per heavy atom. The number of carbonyl (C=O) groups excluding carboxylic acids is 1. The van der Waals surface area contributed by atoms with Crippen molar-refractivity contribution in [3.8, 4) is 11.4 Å². The molecule has 0 aliphatic heterocycles. The summed E-state index contributed by atoms with van der Waals surface area (Å²) < 4.78 is 20.5. The van der Waals surface area contributed by atoms with Gasteiger partial charge in [0.05, 0.1) is 5.56 Å². The molecule has 3 rings (SSSR count). The Kier molecular flexibility index (Phi) is 13.8. The topological polar surface area (TPSA) is 52.1 Å². The van der Waals surface area contributed by atoms with Crippen molar-refractivity contribution in [2.75, 3.05) is 0 Å². The van der Waals surface area contributed by atoms with Crippen molar-refractivity contribution >= 4 is 5.97 Å². The Morgan fingerprint density at radius 3 is 2.08 bits per heavy atom. The monoisotopic (exact) mass is 524 g/mol. The first-order valence-corrected chi connectivity index (χ1v) is 15.4. The second kappa shape index (κ2) is 17.3. The zero-order valence-corrected chi connectivity index (χ0v) is 23.9. The summed E-state index contributed by atoms with van der Waals surface area (Å²) in [7, 11) is 0. The standard InChI is InChI=1S/C33H49FN2O2/c1-3-5-7-9-10-11-12-14-16-27-24-35-32(36-25-27)28-19-22-30(31(34)23-28)33(37)38-29-20-17-26(18-21-29)15-13-8-6-4-2/h19,22-26,29H,3-18,20-21H2,1-2H3. The number of benzene rings is 1. The van der Waals surface area contributed by atoms with E-state index in [1.165, 1.54) is 89.2 Å². The molecule has 1 aliphatic rings. The SMILES string of the molecule is CCCCCCCCCCc1cnc(-c2ccc(C(=O)OC3CCC(CCCCCC)CC3)c(F)c2)nc1. The summed E-state index contributed by atoms with van der Waals surface area (Å²) in [6.45, 7) is 4.48. The summed E-state index contributed by atoms with van der Waals surface area (Å²) in [6.07, 6.45) is 25.3. The van der Waals surface area contributed by atoms with Crippen molar-refractivity contribution in [3.63, 3.8) is 0 Å². The summed E-state index contributed by atoms with van der Waals surface area (Å²) in [6, 6.07) is 4.56. The number of ether oxygens (including phenoxy) is 1. The van der Waals surface area contributed by atoms with Gasteiger partial charge in [0.1, 0.15) is 11.9 Å². The predicted octanol–water partition coefficient (Wildman–Crippen LogP) is 9.65. The van der Waals surface area contributed by atoms with Gasteiger partial charge in [-0.05, 0) is 62.1 Å².